The third-order valence-electron chi connectivity index (χ3n) is 4.39. The number of carbonyl (C=O) groups excluding carboxylic acids is 2. The Morgan fingerprint density at radius 2 is 1.90 bits per heavy atom. The van der Waals surface area contributed by atoms with Gasteiger partial charge in [0.25, 0.3) is 5.91 Å². The Labute approximate surface area is 123 Å². The van der Waals surface area contributed by atoms with Crippen molar-refractivity contribution in [1.29, 1.82) is 0 Å². The zero-order valence-corrected chi connectivity index (χ0v) is 12.1. The van der Waals surface area contributed by atoms with Crippen LogP contribution >= 0.6 is 0 Å². The highest BCUT2D eigenvalue weighted by Crippen LogP contribution is 2.34. The Bertz CT molecular complexity index is 574. The van der Waals surface area contributed by atoms with Gasteiger partial charge < -0.3 is 10.2 Å². The maximum absolute atomic E-state index is 13.6. The normalized spacial score (nSPS) is 21.5. The van der Waals surface area contributed by atoms with Gasteiger partial charge in [0, 0.05) is 18.7 Å². The number of amides is 2. The number of rotatable bonds is 1. The van der Waals surface area contributed by atoms with Crippen molar-refractivity contribution < 1.29 is 14.0 Å². The summed E-state index contributed by atoms with van der Waals surface area (Å²) >= 11 is 0. The third kappa shape index (κ3) is 2.52. The molecule has 1 spiro atoms. The predicted molar refractivity (Wildman–Crippen MR) is 77.4 cm³/mol. The third-order valence-corrected chi connectivity index (χ3v) is 4.39. The molecule has 0 atom stereocenters. The average molecular weight is 290 g/mol. The summed E-state index contributed by atoms with van der Waals surface area (Å²) in [6.45, 7) is 2.10. The highest BCUT2D eigenvalue weighted by molar-refractivity contribution is 6.04. The van der Waals surface area contributed by atoms with Crippen LogP contribution in [0.3, 0.4) is 0 Å². The lowest BCUT2D eigenvalue weighted by Crippen LogP contribution is -2.55. The fourth-order valence-corrected chi connectivity index (χ4v) is 3.39. The van der Waals surface area contributed by atoms with Gasteiger partial charge in [-0.25, -0.2) is 4.39 Å². The number of halogens is 1. The summed E-state index contributed by atoms with van der Waals surface area (Å²) in [5.74, 6) is -0.557. The number of carbonyl (C=O) groups is 2. The number of nitrogens with one attached hydrogen (secondary N) is 1. The molecule has 2 fully saturated rings. The van der Waals surface area contributed by atoms with Crippen molar-refractivity contribution in [3.63, 3.8) is 0 Å². The molecule has 1 saturated heterocycles. The fourth-order valence-electron chi connectivity index (χ4n) is 3.39. The van der Waals surface area contributed by atoms with Crippen LogP contribution < -0.4 is 10.2 Å². The second-order valence-corrected chi connectivity index (χ2v) is 6.03. The van der Waals surface area contributed by atoms with Gasteiger partial charge in [-0.2, -0.15) is 0 Å². The number of hydrogen-bond acceptors (Lipinski definition) is 2. The molecule has 2 aliphatic rings. The number of aryl methyl sites for hydroxylation is 1. The molecule has 1 saturated carbocycles. The maximum atomic E-state index is 13.6. The Balaban J connectivity index is 2.00. The minimum absolute atomic E-state index is 0.0964. The van der Waals surface area contributed by atoms with Crippen LogP contribution in [-0.4, -0.2) is 23.9 Å². The van der Waals surface area contributed by atoms with Crippen molar-refractivity contribution in [2.75, 3.05) is 11.4 Å². The van der Waals surface area contributed by atoms with Crippen molar-refractivity contribution in [2.24, 2.45) is 0 Å². The van der Waals surface area contributed by atoms with Gasteiger partial charge in [-0.1, -0.05) is 12.8 Å². The van der Waals surface area contributed by atoms with E-state index in [1.165, 1.54) is 12.1 Å². The molecular weight excluding hydrogens is 271 g/mol. The van der Waals surface area contributed by atoms with Crippen LogP contribution in [0.4, 0.5) is 10.1 Å². The molecule has 1 aromatic rings. The molecular formula is C16H19FN2O2. The van der Waals surface area contributed by atoms with Crippen molar-refractivity contribution in [3.8, 4) is 0 Å². The number of benzene rings is 1. The summed E-state index contributed by atoms with van der Waals surface area (Å²) in [7, 11) is 0. The first-order valence-corrected chi connectivity index (χ1v) is 7.40. The SMILES string of the molecule is Cc1cc(F)cc(N2CCC(=O)NC3(CCCC3)C2=O)c1. The quantitative estimate of drug-likeness (QED) is 0.863. The van der Waals surface area contributed by atoms with Gasteiger partial charge in [-0.15, -0.1) is 0 Å². The topological polar surface area (TPSA) is 49.4 Å². The van der Waals surface area contributed by atoms with Gasteiger partial charge in [0.1, 0.15) is 11.4 Å². The summed E-state index contributed by atoms with van der Waals surface area (Å²) in [6.07, 6.45) is 3.46. The van der Waals surface area contributed by atoms with Crippen molar-refractivity contribution in [2.45, 2.75) is 44.6 Å². The highest BCUT2D eigenvalue weighted by atomic mass is 19.1. The van der Waals surface area contributed by atoms with E-state index in [1.807, 2.05) is 0 Å². The van der Waals surface area contributed by atoms with E-state index in [0.29, 0.717) is 25.1 Å². The minimum Gasteiger partial charge on any atom is -0.342 e. The van der Waals surface area contributed by atoms with Gasteiger partial charge in [0.2, 0.25) is 5.91 Å². The highest BCUT2D eigenvalue weighted by Gasteiger charge is 2.46. The molecule has 4 nitrogen and oxygen atoms in total. The van der Waals surface area contributed by atoms with Crippen molar-refractivity contribution in [1.82, 2.24) is 5.32 Å². The summed E-state index contributed by atoms with van der Waals surface area (Å²) < 4.78 is 13.6. The lowest BCUT2D eigenvalue weighted by molar-refractivity contribution is -0.129. The number of hydrogen-bond donors (Lipinski definition) is 1. The summed E-state index contributed by atoms with van der Waals surface area (Å²) in [5.41, 5.74) is 0.524. The molecule has 0 bridgehead atoms. The molecule has 3 rings (SSSR count). The molecule has 2 amide bonds. The molecule has 1 N–H and O–H groups in total. The molecule has 1 aliphatic carbocycles. The smallest absolute Gasteiger partial charge is 0.252 e. The van der Waals surface area contributed by atoms with Gasteiger partial charge in [-0.3, -0.25) is 9.59 Å². The molecule has 1 heterocycles. The zero-order chi connectivity index (χ0) is 15.0. The standard InChI is InChI=1S/C16H19FN2O2/c1-11-8-12(17)10-13(9-11)19-7-4-14(20)18-16(15(19)21)5-2-3-6-16/h8-10H,2-7H2,1H3,(H,18,20). The van der Waals surface area contributed by atoms with Crippen LogP contribution in [0.25, 0.3) is 0 Å². The van der Waals surface area contributed by atoms with Crippen LogP contribution in [-0.2, 0) is 9.59 Å². The Morgan fingerprint density at radius 1 is 1.19 bits per heavy atom. The summed E-state index contributed by atoms with van der Waals surface area (Å²) in [5, 5.41) is 2.91. The van der Waals surface area contributed by atoms with E-state index < -0.39 is 5.54 Å². The molecule has 1 aliphatic heterocycles. The molecule has 0 unspecified atom stereocenters. The van der Waals surface area contributed by atoms with Crippen LogP contribution in [0.15, 0.2) is 18.2 Å². The van der Waals surface area contributed by atoms with E-state index in [1.54, 1.807) is 17.9 Å². The second-order valence-electron chi connectivity index (χ2n) is 6.03. The van der Waals surface area contributed by atoms with Gasteiger partial charge in [0.15, 0.2) is 0 Å². The Hall–Kier alpha value is -1.91. The Morgan fingerprint density at radius 3 is 2.57 bits per heavy atom. The molecule has 112 valence electrons. The number of nitrogens with zero attached hydrogens (tertiary/aromatic N) is 1. The van der Waals surface area contributed by atoms with E-state index in [9.17, 15) is 14.0 Å². The van der Waals surface area contributed by atoms with E-state index in [-0.39, 0.29) is 24.1 Å². The van der Waals surface area contributed by atoms with Crippen LogP contribution in [0.5, 0.6) is 0 Å². The molecule has 1 aromatic carbocycles. The van der Waals surface area contributed by atoms with Crippen LogP contribution in [0, 0.1) is 12.7 Å². The van der Waals surface area contributed by atoms with Crippen molar-refractivity contribution in [3.05, 3.63) is 29.6 Å². The number of anilines is 1. The van der Waals surface area contributed by atoms with Crippen LogP contribution in [0.1, 0.15) is 37.7 Å². The molecule has 0 radical (unpaired) electrons. The van der Waals surface area contributed by atoms with E-state index in [0.717, 1.165) is 18.4 Å². The van der Waals surface area contributed by atoms with Crippen LogP contribution in [0.2, 0.25) is 0 Å². The first-order chi connectivity index (χ1) is 10.00. The zero-order valence-electron chi connectivity index (χ0n) is 12.1. The first kappa shape index (κ1) is 14.0. The largest absolute Gasteiger partial charge is 0.342 e. The van der Waals surface area contributed by atoms with Gasteiger partial charge in [-0.05, 0) is 43.5 Å². The lowest BCUT2D eigenvalue weighted by atomic mass is 9.95. The Kier molecular flexibility index (Phi) is 3.43. The van der Waals surface area contributed by atoms with Gasteiger partial charge >= 0.3 is 0 Å². The predicted octanol–water partition coefficient (Wildman–Crippen LogP) is 2.30. The molecule has 0 aromatic heterocycles. The fraction of sp³-hybridized carbons (Fsp3) is 0.500. The summed E-state index contributed by atoms with van der Waals surface area (Å²) in [4.78, 5) is 26.4. The summed E-state index contributed by atoms with van der Waals surface area (Å²) in [6, 6.07) is 4.59. The van der Waals surface area contributed by atoms with E-state index in [2.05, 4.69) is 5.32 Å². The first-order valence-electron chi connectivity index (χ1n) is 7.40. The second kappa shape index (κ2) is 5.13. The van der Waals surface area contributed by atoms with Crippen molar-refractivity contribution >= 4 is 17.5 Å². The maximum Gasteiger partial charge on any atom is 0.252 e. The minimum atomic E-state index is -0.784. The monoisotopic (exact) mass is 290 g/mol. The average Bonchev–Trinajstić information content (AvgIpc) is 2.82. The molecule has 21 heavy (non-hydrogen) atoms. The molecule has 5 heteroatoms. The van der Waals surface area contributed by atoms with Gasteiger partial charge in [0.05, 0.1) is 0 Å². The van der Waals surface area contributed by atoms with E-state index in [4.69, 9.17) is 0 Å². The van der Waals surface area contributed by atoms with E-state index >= 15 is 0 Å². The lowest BCUT2D eigenvalue weighted by Gasteiger charge is -2.32.